The molecule has 2 rings (SSSR count). The van der Waals surface area contributed by atoms with Gasteiger partial charge in [-0.15, -0.1) is 0 Å². The van der Waals surface area contributed by atoms with E-state index in [-0.39, 0.29) is 18.1 Å². The standard InChI is InChI=1S/C26H32N4O/c1-3-5-16-30(17-6-4-2)25-13-11-23(12-14-25)26(29-15-18-31)22-9-7-21(8-10-22)24(19-27)20-28/h7-14,22,31H,3-6,15-18H2,1-2H3. The Morgan fingerprint density at radius 3 is 2.06 bits per heavy atom. The molecule has 0 unspecified atom stereocenters. The van der Waals surface area contributed by atoms with Gasteiger partial charge in [-0.25, -0.2) is 0 Å². The summed E-state index contributed by atoms with van der Waals surface area (Å²) < 4.78 is 0. The highest BCUT2D eigenvalue weighted by molar-refractivity contribution is 6.04. The van der Waals surface area contributed by atoms with Crippen molar-refractivity contribution in [3.8, 4) is 12.1 Å². The number of unbranched alkanes of at least 4 members (excludes halogenated alkanes) is 2. The average molecular weight is 417 g/mol. The Kier molecular flexibility index (Phi) is 10.3. The molecule has 0 radical (unpaired) electrons. The summed E-state index contributed by atoms with van der Waals surface area (Å²) in [5.74, 6) is -0.0731. The quantitative estimate of drug-likeness (QED) is 0.408. The minimum absolute atomic E-state index is 0.0122. The van der Waals surface area contributed by atoms with Crippen molar-refractivity contribution in [3.05, 3.63) is 65.3 Å². The smallest absolute Gasteiger partial charge is 0.136 e. The lowest BCUT2D eigenvalue weighted by molar-refractivity contribution is 0.307. The molecule has 1 aromatic rings. The van der Waals surface area contributed by atoms with Gasteiger partial charge in [0.1, 0.15) is 17.7 Å². The topological polar surface area (TPSA) is 83.4 Å². The maximum atomic E-state index is 9.29. The molecule has 0 bridgehead atoms. The van der Waals surface area contributed by atoms with Gasteiger partial charge >= 0.3 is 0 Å². The van der Waals surface area contributed by atoms with E-state index in [1.54, 1.807) is 12.2 Å². The maximum absolute atomic E-state index is 9.29. The van der Waals surface area contributed by atoms with Crippen molar-refractivity contribution in [1.29, 1.82) is 10.5 Å². The summed E-state index contributed by atoms with van der Waals surface area (Å²) >= 11 is 0. The number of benzene rings is 1. The summed E-state index contributed by atoms with van der Waals surface area (Å²) in [6, 6.07) is 12.3. The van der Waals surface area contributed by atoms with Gasteiger partial charge in [-0.05, 0) is 30.5 Å². The lowest BCUT2D eigenvalue weighted by atomic mass is 9.90. The molecule has 31 heavy (non-hydrogen) atoms. The Morgan fingerprint density at radius 2 is 1.58 bits per heavy atom. The van der Waals surface area contributed by atoms with Crippen molar-refractivity contribution in [2.45, 2.75) is 39.5 Å². The number of hydrogen-bond donors (Lipinski definition) is 1. The summed E-state index contributed by atoms with van der Waals surface area (Å²) in [7, 11) is 0. The van der Waals surface area contributed by atoms with Gasteiger partial charge in [0.25, 0.3) is 0 Å². The Hall–Kier alpha value is -3.15. The second-order valence-corrected chi connectivity index (χ2v) is 7.53. The second kappa shape index (κ2) is 13.2. The Balaban J connectivity index is 2.27. The number of nitrogens with zero attached hydrogens (tertiary/aromatic N) is 4. The second-order valence-electron chi connectivity index (χ2n) is 7.53. The van der Waals surface area contributed by atoms with Crippen LogP contribution in [0.4, 0.5) is 5.69 Å². The third-order valence-corrected chi connectivity index (χ3v) is 5.27. The van der Waals surface area contributed by atoms with E-state index in [0.717, 1.165) is 24.4 Å². The van der Waals surface area contributed by atoms with E-state index in [9.17, 15) is 5.11 Å². The first-order chi connectivity index (χ1) is 15.2. The van der Waals surface area contributed by atoms with Crippen LogP contribution in [0, 0.1) is 28.6 Å². The number of aliphatic hydroxyl groups is 1. The van der Waals surface area contributed by atoms with Gasteiger partial charge in [-0.2, -0.15) is 10.5 Å². The van der Waals surface area contributed by atoms with Crippen LogP contribution in [0.25, 0.3) is 0 Å². The van der Waals surface area contributed by atoms with Crippen molar-refractivity contribution < 1.29 is 5.11 Å². The average Bonchev–Trinajstić information content (AvgIpc) is 2.81. The zero-order valence-corrected chi connectivity index (χ0v) is 18.6. The van der Waals surface area contributed by atoms with Gasteiger partial charge in [-0.1, -0.05) is 63.1 Å². The number of nitriles is 2. The highest BCUT2D eigenvalue weighted by atomic mass is 16.3. The summed E-state index contributed by atoms with van der Waals surface area (Å²) in [4.78, 5) is 7.07. The highest BCUT2D eigenvalue weighted by Gasteiger charge is 2.17. The van der Waals surface area contributed by atoms with Crippen LogP contribution >= 0.6 is 0 Å². The number of aliphatic imine (C=N–C) groups is 1. The number of rotatable bonds is 11. The summed E-state index contributed by atoms with van der Waals surface area (Å²) in [6.45, 7) is 6.87. The molecule has 1 aromatic carbocycles. The van der Waals surface area contributed by atoms with Crippen molar-refractivity contribution in [1.82, 2.24) is 0 Å². The molecule has 0 atom stereocenters. The molecule has 0 aromatic heterocycles. The van der Waals surface area contributed by atoms with Gasteiger partial charge in [0.2, 0.25) is 0 Å². The van der Waals surface area contributed by atoms with E-state index < -0.39 is 0 Å². The Labute approximate surface area is 186 Å². The van der Waals surface area contributed by atoms with Crippen molar-refractivity contribution in [2.75, 3.05) is 31.1 Å². The predicted molar refractivity (Wildman–Crippen MR) is 127 cm³/mol. The lowest BCUT2D eigenvalue weighted by Crippen LogP contribution is -2.25. The SMILES string of the molecule is CCCCN(CCCC)c1ccc(C(=NCCO)C2C=CC(=C(C#N)C#N)C=C2)cc1. The Morgan fingerprint density at radius 1 is 1.00 bits per heavy atom. The summed E-state index contributed by atoms with van der Waals surface area (Å²) in [5, 5.41) is 27.4. The van der Waals surface area contributed by atoms with Crippen LogP contribution < -0.4 is 4.90 Å². The number of hydrogen-bond acceptors (Lipinski definition) is 5. The first-order valence-electron chi connectivity index (χ1n) is 11.1. The molecule has 162 valence electrons. The van der Waals surface area contributed by atoms with Crippen LogP contribution in [0.15, 0.2) is 64.7 Å². The van der Waals surface area contributed by atoms with Gasteiger partial charge in [0, 0.05) is 30.3 Å². The molecule has 0 aliphatic heterocycles. The molecule has 5 nitrogen and oxygen atoms in total. The molecule has 1 aliphatic rings. The minimum Gasteiger partial charge on any atom is -0.394 e. The first kappa shape index (κ1) is 24.1. The van der Waals surface area contributed by atoms with Crippen LogP contribution in [0.5, 0.6) is 0 Å². The predicted octanol–water partition coefficient (Wildman–Crippen LogP) is 4.96. The Bertz CT molecular complexity index is 870. The molecular formula is C26H32N4O. The molecule has 0 saturated carbocycles. The lowest BCUT2D eigenvalue weighted by Gasteiger charge is -2.25. The fourth-order valence-electron chi connectivity index (χ4n) is 3.51. The third kappa shape index (κ3) is 6.95. The van der Waals surface area contributed by atoms with Crippen LogP contribution in [-0.2, 0) is 0 Å². The fourth-order valence-corrected chi connectivity index (χ4v) is 3.51. The zero-order chi connectivity index (χ0) is 22.5. The van der Waals surface area contributed by atoms with Gasteiger partial charge < -0.3 is 10.0 Å². The molecule has 1 N–H and O–H groups in total. The molecule has 0 saturated heterocycles. The molecule has 0 amide bonds. The monoisotopic (exact) mass is 416 g/mol. The van der Waals surface area contributed by atoms with Gasteiger partial charge in [-0.3, -0.25) is 4.99 Å². The number of allylic oxidation sites excluding steroid dienone is 6. The van der Waals surface area contributed by atoms with E-state index in [2.05, 4.69) is 48.0 Å². The van der Waals surface area contributed by atoms with Crippen LogP contribution in [-0.4, -0.2) is 37.1 Å². The third-order valence-electron chi connectivity index (χ3n) is 5.27. The van der Waals surface area contributed by atoms with Crippen LogP contribution in [0.3, 0.4) is 0 Å². The zero-order valence-electron chi connectivity index (χ0n) is 18.6. The molecule has 0 fully saturated rings. The van der Waals surface area contributed by atoms with Crippen molar-refractivity contribution in [2.24, 2.45) is 10.9 Å². The van der Waals surface area contributed by atoms with Gasteiger partial charge in [0.15, 0.2) is 0 Å². The molecule has 1 aliphatic carbocycles. The normalized spacial score (nSPS) is 15.5. The number of anilines is 1. The van der Waals surface area contributed by atoms with E-state index in [4.69, 9.17) is 10.5 Å². The summed E-state index contributed by atoms with van der Waals surface area (Å²) in [6.07, 6.45) is 12.2. The van der Waals surface area contributed by atoms with Crippen molar-refractivity contribution >= 4 is 11.4 Å². The molecule has 0 spiro atoms. The van der Waals surface area contributed by atoms with E-state index >= 15 is 0 Å². The van der Waals surface area contributed by atoms with Crippen LogP contribution in [0.1, 0.15) is 45.1 Å². The minimum atomic E-state index is -0.0731. The maximum Gasteiger partial charge on any atom is 0.136 e. The van der Waals surface area contributed by atoms with E-state index in [1.807, 2.05) is 24.3 Å². The molecular weight excluding hydrogens is 384 g/mol. The highest BCUT2D eigenvalue weighted by Crippen LogP contribution is 2.24. The van der Waals surface area contributed by atoms with Crippen molar-refractivity contribution in [3.63, 3.8) is 0 Å². The van der Waals surface area contributed by atoms with E-state index in [1.165, 1.54) is 31.4 Å². The molecule has 5 heteroatoms. The fraction of sp³-hybridized carbons (Fsp3) is 0.423. The van der Waals surface area contributed by atoms with Gasteiger partial charge in [0.05, 0.1) is 18.9 Å². The number of aliphatic hydroxyl groups excluding tert-OH is 1. The largest absolute Gasteiger partial charge is 0.394 e. The van der Waals surface area contributed by atoms with E-state index in [0.29, 0.717) is 12.1 Å². The van der Waals surface area contributed by atoms with Crippen LogP contribution in [0.2, 0.25) is 0 Å². The first-order valence-corrected chi connectivity index (χ1v) is 11.1. The molecule has 0 heterocycles. The summed E-state index contributed by atoms with van der Waals surface area (Å²) in [5.41, 5.74) is 3.82.